The minimum Gasteiger partial charge on any atom is -0.455 e. The third-order valence-corrected chi connectivity index (χ3v) is 1.49. The van der Waals surface area contributed by atoms with Gasteiger partial charge >= 0.3 is 12.1 Å². The second kappa shape index (κ2) is 4.75. The van der Waals surface area contributed by atoms with E-state index < -0.39 is 24.7 Å². The summed E-state index contributed by atoms with van der Waals surface area (Å²) in [6.45, 7) is 0.658. The number of terminal acetylenes is 1. The van der Waals surface area contributed by atoms with Crippen molar-refractivity contribution in [1.29, 1.82) is 0 Å². The maximum Gasteiger partial charge on any atom is 0.395 e. The van der Waals surface area contributed by atoms with Crippen LogP contribution in [-0.4, -0.2) is 18.8 Å². The molecule has 0 fully saturated rings. The van der Waals surface area contributed by atoms with Gasteiger partial charge in [-0.3, -0.25) is 0 Å². The molecule has 0 heterocycles. The Bertz CT molecular complexity index is 214. The molecule has 74 valence electrons. The molecule has 5 heteroatoms. The van der Waals surface area contributed by atoms with Gasteiger partial charge in [0.25, 0.3) is 0 Å². The summed E-state index contributed by atoms with van der Waals surface area (Å²) in [4.78, 5) is 10.3. The predicted octanol–water partition coefficient (Wildman–Crippen LogP) is 1.75. The number of rotatable bonds is 3. The third-order valence-electron chi connectivity index (χ3n) is 1.49. The Morgan fingerprint density at radius 3 is 2.46 bits per heavy atom. The summed E-state index contributed by atoms with van der Waals surface area (Å²) in [6.07, 6.45) is 0.122. The van der Waals surface area contributed by atoms with Gasteiger partial charge in [0.15, 0.2) is 0 Å². The molecule has 0 saturated heterocycles. The van der Waals surface area contributed by atoms with E-state index in [0.29, 0.717) is 0 Å². The van der Waals surface area contributed by atoms with E-state index in [1.54, 1.807) is 5.92 Å². The van der Waals surface area contributed by atoms with Crippen LogP contribution in [0.4, 0.5) is 13.2 Å². The van der Waals surface area contributed by atoms with Crippen LogP contribution < -0.4 is 0 Å². The molecule has 0 aliphatic carbocycles. The van der Waals surface area contributed by atoms with Gasteiger partial charge in [-0.2, -0.15) is 13.2 Å². The van der Waals surface area contributed by atoms with Crippen LogP contribution in [0.15, 0.2) is 0 Å². The smallest absolute Gasteiger partial charge is 0.395 e. The lowest BCUT2D eigenvalue weighted by Gasteiger charge is -2.17. The number of hydrogen-bond acceptors (Lipinski definition) is 2. The van der Waals surface area contributed by atoms with Gasteiger partial charge in [-0.15, -0.1) is 6.42 Å². The second-order valence-electron chi connectivity index (χ2n) is 2.39. The molecule has 0 saturated carbocycles. The van der Waals surface area contributed by atoms with Crippen molar-refractivity contribution in [1.82, 2.24) is 0 Å². The monoisotopic (exact) mass is 194 g/mol. The lowest BCUT2D eigenvalue weighted by molar-refractivity contribution is -0.189. The molecular formula is C8H9F3O2. The van der Waals surface area contributed by atoms with E-state index in [-0.39, 0.29) is 6.42 Å². The Morgan fingerprint density at radius 1 is 1.62 bits per heavy atom. The molecule has 1 atom stereocenters. The highest BCUT2D eigenvalue weighted by Gasteiger charge is 2.38. The molecule has 2 nitrogen and oxygen atoms in total. The van der Waals surface area contributed by atoms with Crippen LogP contribution in [0.2, 0.25) is 0 Å². The molecule has 0 aromatic carbocycles. The number of carbonyl (C=O) groups excluding carboxylic acids is 1. The van der Waals surface area contributed by atoms with Gasteiger partial charge in [-0.25, -0.2) is 4.79 Å². The first-order valence-electron chi connectivity index (χ1n) is 3.61. The fourth-order valence-corrected chi connectivity index (χ4v) is 0.662. The summed E-state index contributed by atoms with van der Waals surface area (Å²) in [6, 6.07) is 0. The van der Waals surface area contributed by atoms with Crippen molar-refractivity contribution in [3.05, 3.63) is 0 Å². The quantitative estimate of drug-likeness (QED) is 0.388. The lowest BCUT2D eigenvalue weighted by atomic mass is 10.1. The molecule has 13 heavy (non-hydrogen) atoms. The normalized spacial score (nSPS) is 13.2. The van der Waals surface area contributed by atoms with E-state index >= 15 is 0 Å². The number of hydrogen-bond donors (Lipinski definition) is 0. The molecule has 0 radical (unpaired) electrons. The molecule has 0 aliphatic heterocycles. The number of alkyl halides is 3. The zero-order chi connectivity index (χ0) is 10.5. The van der Waals surface area contributed by atoms with E-state index in [2.05, 4.69) is 11.2 Å². The Balaban J connectivity index is 4.02. The summed E-state index contributed by atoms with van der Waals surface area (Å²) >= 11 is 0. The van der Waals surface area contributed by atoms with Gasteiger partial charge < -0.3 is 4.74 Å². The third kappa shape index (κ3) is 4.41. The lowest BCUT2D eigenvalue weighted by Crippen LogP contribution is -2.27. The van der Waals surface area contributed by atoms with Crippen LogP contribution in [0, 0.1) is 18.3 Å². The average molecular weight is 194 g/mol. The first-order valence-corrected chi connectivity index (χ1v) is 3.61. The zero-order valence-corrected chi connectivity index (χ0v) is 7.02. The highest BCUT2D eigenvalue weighted by atomic mass is 19.4. The van der Waals surface area contributed by atoms with Crippen LogP contribution >= 0.6 is 0 Å². The summed E-state index contributed by atoms with van der Waals surface area (Å²) in [5, 5.41) is 0. The van der Waals surface area contributed by atoms with Crippen molar-refractivity contribution in [2.45, 2.75) is 19.5 Å². The van der Waals surface area contributed by atoms with Crippen molar-refractivity contribution in [2.24, 2.45) is 5.92 Å². The molecule has 0 bridgehead atoms. The van der Waals surface area contributed by atoms with Crippen LogP contribution in [-0.2, 0) is 9.53 Å². The van der Waals surface area contributed by atoms with Gasteiger partial charge in [-0.1, -0.05) is 6.92 Å². The minimum atomic E-state index is -4.34. The van der Waals surface area contributed by atoms with Crippen molar-refractivity contribution in [2.75, 3.05) is 6.61 Å². The fraction of sp³-hybridized carbons (Fsp3) is 0.625. The number of carbonyl (C=O) groups is 1. The van der Waals surface area contributed by atoms with Crippen LogP contribution in [0.1, 0.15) is 13.3 Å². The molecule has 1 unspecified atom stereocenters. The standard InChI is InChI=1S/C8H9F3O2/c1-3-6(8(9,10)11)5-13-7(12)4-2/h2,6H,3,5H2,1H3. The Labute approximate surface area is 74.1 Å². The number of ether oxygens (including phenoxy) is 1. The average Bonchev–Trinajstić information content (AvgIpc) is 2.02. The van der Waals surface area contributed by atoms with E-state index in [1.807, 2.05) is 0 Å². The van der Waals surface area contributed by atoms with Gasteiger partial charge in [0.1, 0.15) is 6.61 Å². The van der Waals surface area contributed by atoms with Gasteiger partial charge in [0.2, 0.25) is 0 Å². The first-order chi connectivity index (χ1) is 5.91. The highest BCUT2D eigenvalue weighted by Crippen LogP contribution is 2.28. The Hall–Kier alpha value is -1.18. The molecule has 0 rings (SSSR count). The maximum atomic E-state index is 12.0. The molecular weight excluding hydrogens is 185 g/mol. The van der Waals surface area contributed by atoms with Crippen LogP contribution in [0.25, 0.3) is 0 Å². The van der Waals surface area contributed by atoms with Crippen molar-refractivity contribution >= 4 is 5.97 Å². The van der Waals surface area contributed by atoms with E-state index in [9.17, 15) is 18.0 Å². The minimum absolute atomic E-state index is 0.138. The van der Waals surface area contributed by atoms with E-state index in [1.165, 1.54) is 6.92 Å². The van der Waals surface area contributed by atoms with Crippen molar-refractivity contribution in [3.8, 4) is 12.3 Å². The highest BCUT2D eigenvalue weighted by molar-refractivity contribution is 5.87. The summed E-state index contributed by atoms with van der Waals surface area (Å²) in [5.41, 5.74) is 0. The van der Waals surface area contributed by atoms with Gasteiger partial charge in [0, 0.05) is 5.92 Å². The van der Waals surface area contributed by atoms with Gasteiger partial charge in [0.05, 0.1) is 5.92 Å². The molecule has 0 amide bonds. The molecule has 0 aromatic heterocycles. The Kier molecular flexibility index (Phi) is 4.32. The van der Waals surface area contributed by atoms with Gasteiger partial charge in [-0.05, 0) is 6.42 Å². The summed E-state index contributed by atoms with van der Waals surface area (Å²) in [7, 11) is 0. The Morgan fingerprint density at radius 2 is 2.15 bits per heavy atom. The van der Waals surface area contributed by atoms with Crippen LogP contribution in [0.5, 0.6) is 0 Å². The zero-order valence-electron chi connectivity index (χ0n) is 7.02. The maximum absolute atomic E-state index is 12.0. The number of esters is 1. The van der Waals surface area contributed by atoms with Crippen molar-refractivity contribution in [3.63, 3.8) is 0 Å². The first kappa shape index (κ1) is 11.8. The molecule has 0 aliphatic rings. The van der Waals surface area contributed by atoms with E-state index in [0.717, 1.165) is 0 Å². The predicted molar refractivity (Wildman–Crippen MR) is 39.6 cm³/mol. The fourth-order valence-electron chi connectivity index (χ4n) is 0.662. The van der Waals surface area contributed by atoms with Crippen LogP contribution in [0.3, 0.4) is 0 Å². The second-order valence-corrected chi connectivity index (χ2v) is 2.39. The largest absolute Gasteiger partial charge is 0.455 e. The topological polar surface area (TPSA) is 26.3 Å². The van der Waals surface area contributed by atoms with E-state index in [4.69, 9.17) is 0 Å². The van der Waals surface area contributed by atoms with Crippen molar-refractivity contribution < 1.29 is 22.7 Å². The molecule has 0 spiro atoms. The summed E-state index contributed by atoms with van der Waals surface area (Å²) < 4.78 is 40.3. The SMILES string of the molecule is C#CC(=O)OCC(CC)C(F)(F)F. The molecule has 0 N–H and O–H groups in total. The summed E-state index contributed by atoms with van der Waals surface area (Å²) in [5.74, 6) is -1.13. The molecule has 0 aromatic rings. The number of halogens is 3.